The first-order valence-electron chi connectivity index (χ1n) is 5.96. The Balaban J connectivity index is 2.59. The second kappa shape index (κ2) is 6.94. The largest absolute Gasteiger partial charge is 0.481 e. The number of hydrazine groups is 1. The van der Waals surface area contributed by atoms with Crippen molar-refractivity contribution >= 4 is 23.2 Å². The van der Waals surface area contributed by atoms with Gasteiger partial charge in [-0.2, -0.15) is 0 Å². The Bertz CT molecular complexity index is 477. The molecule has 6 heteroatoms. The monoisotopic (exact) mass is 281 g/mol. The molecule has 0 radical (unpaired) electrons. The van der Waals surface area contributed by atoms with Crippen LogP contribution >= 0.6 is 12.2 Å². The molecule has 0 spiro atoms. The Hall–Kier alpha value is -1.82. The third kappa shape index (κ3) is 4.40. The third-order valence-electron chi connectivity index (χ3n) is 2.75. The summed E-state index contributed by atoms with van der Waals surface area (Å²) in [5, 5.41) is 3.03. The van der Waals surface area contributed by atoms with Gasteiger partial charge in [-0.15, -0.1) is 0 Å². The second-order valence-corrected chi connectivity index (χ2v) is 4.56. The Labute approximate surface area is 118 Å². The number of ether oxygens (including phenoxy) is 1. The van der Waals surface area contributed by atoms with Crippen LogP contribution in [0.2, 0.25) is 0 Å². The third-order valence-corrected chi connectivity index (χ3v) is 3.06. The molecule has 19 heavy (non-hydrogen) atoms. The number of carbonyl (C=O) groups excluding carboxylic acids is 1. The van der Waals surface area contributed by atoms with Crippen LogP contribution in [0.15, 0.2) is 18.2 Å². The van der Waals surface area contributed by atoms with E-state index >= 15 is 0 Å². The quantitative estimate of drug-likeness (QED) is 0.574. The molecule has 0 aromatic heterocycles. The zero-order valence-electron chi connectivity index (χ0n) is 11.5. The fourth-order valence-corrected chi connectivity index (χ4v) is 1.43. The standard InChI is InChI=1S/C13H19N3O2S/c1-8-6-5-7-11(9(8)2)18-10(3)12(17)15-16-13(19)14-4/h5-7,10H,1-4H3,(H,15,17)(H2,14,16,19)/t10-/m1/s1. The summed E-state index contributed by atoms with van der Waals surface area (Å²) in [6.07, 6.45) is -0.618. The van der Waals surface area contributed by atoms with Gasteiger partial charge in [-0.3, -0.25) is 15.6 Å². The van der Waals surface area contributed by atoms with Crippen molar-refractivity contribution in [1.82, 2.24) is 16.2 Å². The molecule has 1 aromatic rings. The van der Waals surface area contributed by atoms with Gasteiger partial charge in [0.25, 0.3) is 5.91 Å². The second-order valence-electron chi connectivity index (χ2n) is 4.15. The van der Waals surface area contributed by atoms with E-state index < -0.39 is 6.10 Å². The van der Waals surface area contributed by atoms with Crippen LogP contribution in [-0.2, 0) is 4.79 Å². The van der Waals surface area contributed by atoms with Gasteiger partial charge in [-0.05, 0) is 50.2 Å². The molecule has 0 bridgehead atoms. The summed E-state index contributed by atoms with van der Waals surface area (Å²) in [5.41, 5.74) is 7.19. The van der Waals surface area contributed by atoms with E-state index in [1.807, 2.05) is 32.0 Å². The first kappa shape index (κ1) is 15.2. The maximum Gasteiger partial charge on any atom is 0.279 e. The van der Waals surface area contributed by atoms with Crippen LogP contribution in [0.3, 0.4) is 0 Å². The van der Waals surface area contributed by atoms with Crippen molar-refractivity contribution in [2.75, 3.05) is 7.05 Å². The van der Waals surface area contributed by atoms with Gasteiger partial charge >= 0.3 is 0 Å². The van der Waals surface area contributed by atoms with Crippen molar-refractivity contribution < 1.29 is 9.53 Å². The summed E-state index contributed by atoms with van der Waals surface area (Å²) >= 11 is 4.85. The molecule has 0 aliphatic carbocycles. The number of nitrogens with one attached hydrogen (secondary N) is 3. The lowest BCUT2D eigenvalue weighted by Crippen LogP contribution is -2.49. The maximum atomic E-state index is 11.8. The van der Waals surface area contributed by atoms with Crippen molar-refractivity contribution in [3.05, 3.63) is 29.3 Å². The van der Waals surface area contributed by atoms with Gasteiger partial charge in [0.2, 0.25) is 0 Å². The number of carbonyl (C=O) groups is 1. The predicted octanol–water partition coefficient (Wildman–Crippen LogP) is 1.20. The van der Waals surface area contributed by atoms with Gasteiger partial charge in [0, 0.05) is 7.05 Å². The Kier molecular flexibility index (Phi) is 5.57. The molecule has 0 saturated carbocycles. The van der Waals surface area contributed by atoms with Crippen LogP contribution in [0, 0.1) is 13.8 Å². The summed E-state index contributed by atoms with van der Waals surface area (Å²) < 4.78 is 5.64. The fourth-order valence-electron chi connectivity index (χ4n) is 1.38. The number of hydrogen-bond acceptors (Lipinski definition) is 3. The summed E-state index contributed by atoms with van der Waals surface area (Å²) in [7, 11) is 1.66. The number of hydrogen-bond donors (Lipinski definition) is 3. The number of amides is 1. The molecular weight excluding hydrogens is 262 g/mol. The van der Waals surface area contributed by atoms with Crippen molar-refractivity contribution in [2.24, 2.45) is 0 Å². The van der Waals surface area contributed by atoms with Crippen LogP contribution < -0.4 is 20.9 Å². The molecule has 0 aliphatic heterocycles. The molecular formula is C13H19N3O2S. The topological polar surface area (TPSA) is 62.4 Å². The van der Waals surface area contributed by atoms with E-state index in [1.54, 1.807) is 14.0 Å². The first-order chi connectivity index (χ1) is 8.95. The molecule has 104 valence electrons. The van der Waals surface area contributed by atoms with Crippen LogP contribution in [0.5, 0.6) is 5.75 Å². The molecule has 1 rings (SSSR count). The molecule has 1 amide bonds. The highest BCUT2D eigenvalue weighted by atomic mass is 32.1. The van der Waals surface area contributed by atoms with E-state index in [1.165, 1.54) is 0 Å². The number of rotatable bonds is 3. The van der Waals surface area contributed by atoms with Crippen molar-refractivity contribution in [3.8, 4) is 5.75 Å². The normalized spacial score (nSPS) is 11.4. The maximum absolute atomic E-state index is 11.8. The van der Waals surface area contributed by atoms with E-state index in [-0.39, 0.29) is 5.91 Å². The average molecular weight is 281 g/mol. The van der Waals surface area contributed by atoms with Crippen LogP contribution in [-0.4, -0.2) is 24.2 Å². The zero-order valence-corrected chi connectivity index (χ0v) is 12.4. The van der Waals surface area contributed by atoms with E-state index in [2.05, 4.69) is 16.2 Å². The highest BCUT2D eigenvalue weighted by Crippen LogP contribution is 2.21. The molecule has 1 atom stereocenters. The summed E-state index contributed by atoms with van der Waals surface area (Å²) in [4.78, 5) is 11.8. The molecule has 0 aliphatic rings. The van der Waals surface area contributed by atoms with Gasteiger partial charge in [0.1, 0.15) is 5.75 Å². The summed E-state index contributed by atoms with van der Waals surface area (Å²) in [6, 6.07) is 5.74. The van der Waals surface area contributed by atoms with Crippen molar-refractivity contribution in [3.63, 3.8) is 0 Å². The summed E-state index contributed by atoms with van der Waals surface area (Å²) in [6.45, 7) is 5.64. The average Bonchev–Trinajstić information content (AvgIpc) is 2.40. The Morgan fingerprint density at radius 3 is 2.63 bits per heavy atom. The number of aryl methyl sites for hydroxylation is 1. The van der Waals surface area contributed by atoms with Crippen molar-refractivity contribution in [2.45, 2.75) is 26.9 Å². The SMILES string of the molecule is CNC(=S)NNC(=O)[C@@H](C)Oc1cccc(C)c1C. The first-order valence-corrected chi connectivity index (χ1v) is 6.37. The minimum atomic E-state index is -0.618. The minimum Gasteiger partial charge on any atom is -0.481 e. The van der Waals surface area contributed by atoms with Crippen LogP contribution in [0.25, 0.3) is 0 Å². The van der Waals surface area contributed by atoms with E-state index in [4.69, 9.17) is 17.0 Å². The van der Waals surface area contributed by atoms with Gasteiger partial charge < -0.3 is 10.1 Å². The zero-order chi connectivity index (χ0) is 14.4. The summed E-state index contributed by atoms with van der Waals surface area (Å²) in [5.74, 6) is 0.414. The molecule has 0 saturated heterocycles. The lowest BCUT2D eigenvalue weighted by Gasteiger charge is -2.17. The molecule has 0 unspecified atom stereocenters. The molecule has 1 aromatic carbocycles. The van der Waals surface area contributed by atoms with E-state index in [0.717, 1.165) is 11.1 Å². The lowest BCUT2D eigenvalue weighted by molar-refractivity contribution is -0.127. The molecule has 3 N–H and O–H groups in total. The molecule has 5 nitrogen and oxygen atoms in total. The molecule has 0 heterocycles. The molecule has 0 fully saturated rings. The lowest BCUT2D eigenvalue weighted by atomic mass is 10.1. The van der Waals surface area contributed by atoms with E-state index in [0.29, 0.717) is 10.9 Å². The smallest absolute Gasteiger partial charge is 0.279 e. The highest BCUT2D eigenvalue weighted by molar-refractivity contribution is 7.80. The predicted molar refractivity (Wildman–Crippen MR) is 78.9 cm³/mol. The van der Waals surface area contributed by atoms with Gasteiger partial charge in [-0.1, -0.05) is 12.1 Å². The highest BCUT2D eigenvalue weighted by Gasteiger charge is 2.15. The van der Waals surface area contributed by atoms with Gasteiger partial charge in [-0.25, -0.2) is 0 Å². The van der Waals surface area contributed by atoms with Crippen LogP contribution in [0.1, 0.15) is 18.1 Å². The number of thiocarbonyl (C=S) groups is 1. The fraction of sp³-hybridized carbons (Fsp3) is 0.385. The Morgan fingerprint density at radius 2 is 2.00 bits per heavy atom. The van der Waals surface area contributed by atoms with Gasteiger partial charge in [0.15, 0.2) is 11.2 Å². The minimum absolute atomic E-state index is 0.293. The van der Waals surface area contributed by atoms with Crippen LogP contribution in [0.4, 0.5) is 0 Å². The van der Waals surface area contributed by atoms with Crippen molar-refractivity contribution in [1.29, 1.82) is 0 Å². The number of benzene rings is 1. The van der Waals surface area contributed by atoms with Gasteiger partial charge in [0.05, 0.1) is 0 Å². The Morgan fingerprint density at radius 1 is 1.32 bits per heavy atom. The van der Waals surface area contributed by atoms with E-state index in [9.17, 15) is 4.79 Å².